The first-order valence-corrected chi connectivity index (χ1v) is 5.59. The number of carbonyl (C=O) groups excluding carboxylic acids is 1. The molecule has 0 aliphatic rings. The number of benzene rings is 2. The van der Waals surface area contributed by atoms with Crippen molar-refractivity contribution in [2.45, 2.75) is 6.18 Å². The molecule has 0 atom stereocenters. The summed E-state index contributed by atoms with van der Waals surface area (Å²) in [5, 5.41) is 9.58. The molecule has 3 nitrogen and oxygen atoms in total. The van der Waals surface area contributed by atoms with Crippen molar-refractivity contribution >= 4 is 11.5 Å². The molecule has 20 heavy (non-hydrogen) atoms. The fourth-order valence-corrected chi connectivity index (χ4v) is 1.73. The van der Waals surface area contributed by atoms with Gasteiger partial charge in [0, 0.05) is 11.3 Å². The van der Waals surface area contributed by atoms with E-state index in [0.29, 0.717) is 17.8 Å². The molecule has 0 saturated carbocycles. The average Bonchev–Trinajstić information content (AvgIpc) is 2.37. The predicted octanol–water partition coefficient (Wildman–Crippen LogP) is 3.22. The summed E-state index contributed by atoms with van der Waals surface area (Å²) in [6, 6.07) is 7.99. The molecule has 0 saturated heterocycles. The van der Waals surface area contributed by atoms with Crippen LogP contribution >= 0.6 is 0 Å². The van der Waals surface area contributed by atoms with E-state index >= 15 is 0 Å². The molecule has 2 aromatic rings. The predicted molar refractivity (Wildman–Crippen MR) is 67.4 cm³/mol. The topological polar surface area (TPSA) is 63.3 Å². The van der Waals surface area contributed by atoms with Crippen LogP contribution in [-0.2, 0) is 6.18 Å². The van der Waals surface area contributed by atoms with Crippen molar-refractivity contribution in [3.63, 3.8) is 0 Å². The number of hydrogen-bond acceptors (Lipinski definition) is 3. The quantitative estimate of drug-likeness (QED) is 0.656. The van der Waals surface area contributed by atoms with Crippen LogP contribution in [0.3, 0.4) is 0 Å². The lowest BCUT2D eigenvalue weighted by Crippen LogP contribution is -2.08. The van der Waals surface area contributed by atoms with E-state index in [2.05, 4.69) is 0 Å². The Balaban J connectivity index is 2.49. The normalized spacial score (nSPS) is 11.3. The lowest BCUT2D eigenvalue weighted by atomic mass is 10.00. The van der Waals surface area contributed by atoms with Crippen LogP contribution in [0.5, 0.6) is 5.75 Å². The van der Waals surface area contributed by atoms with Gasteiger partial charge in [-0.15, -0.1) is 0 Å². The molecule has 0 radical (unpaired) electrons. The number of nitrogen functional groups attached to an aromatic ring is 1. The second-order valence-electron chi connectivity index (χ2n) is 4.18. The van der Waals surface area contributed by atoms with Gasteiger partial charge in [0.05, 0.1) is 11.1 Å². The van der Waals surface area contributed by atoms with Gasteiger partial charge in [-0.25, -0.2) is 0 Å². The summed E-state index contributed by atoms with van der Waals surface area (Å²) in [6.45, 7) is 0. The highest BCUT2D eigenvalue weighted by atomic mass is 19.4. The van der Waals surface area contributed by atoms with Crippen molar-refractivity contribution in [2.24, 2.45) is 0 Å². The molecular weight excluding hydrogens is 271 g/mol. The fraction of sp³-hybridized carbons (Fsp3) is 0.0714. The third-order valence-corrected chi connectivity index (χ3v) is 2.72. The molecule has 0 bridgehead atoms. The molecule has 0 spiro atoms. The summed E-state index contributed by atoms with van der Waals surface area (Å²) >= 11 is 0. The Hall–Kier alpha value is -2.50. The maximum absolute atomic E-state index is 12.6. The number of phenols is 1. The van der Waals surface area contributed by atoms with Crippen molar-refractivity contribution in [2.75, 3.05) is 5.73 Å². The van der Waals surface area contributed by atoms with Gasteiger partial charge in [-0.3, -0.25) is 4.79 Å². The summed E-state index contributed by atoms with van der Waals surface area (Å²) in [5.41, 5.74) is 4.53. The van der Waals surface area contributed by atoms with Gasteiger partial charge < -0.3 is 10.8 Å². The lowest BCUT2D eigenvalue weighted by molar-refractivity contribution is -0.137. The molecule has 104 valence electrons. The Bertz CT molecular complexity index is 666. The van der Waals surface area contributed by atoms with E-state index in [0.717, 1.165) is 6.07 Å². The highest BCUT2D eigenvalue weighted by Crippen LogP contribution is 2.33. The first-order chi connectivity index (χ1) is 9.29. The number of alkyl halides is 3. The van der Waals surface area contributed by atoms with Crippen molar-refractivity contribution in [1.82, 2.24) is 0 Å². The van der Waals surface area contributed by atoms with Gasteiger partial charge in [0.25, 0.3) is 0 Å². The Labute approximate surface area is 112 Å². The fourth-order valence-electron chi connectivity index (χ4n) is 1.73. The first kappa shape index (κ1) is 13.9. The minimum atomic E-state index is -4.58. The minimum Gasteiger partial charge on any atom is -0.507 e. The molecule has 0 heterocycles. The van der Waals surface area contributed by atoms with Gasteiger partial charge >= 0.3 is 6.18 Å². The number of rotatable bonds is 2. The van der Waals surface area contributed by atoms with Crippen molar-refractivity contribution in [1.29, 1.82) is 0 Å². The van der Waals surface area contributed by atoms with Gasteiger partial charge in [-0.1, -0.05) is 12.1 Å². The number of phenolic OH excluding ortho intramolecular Hbond substituents is 1. The summed E-state index contributed by atoms with van der Waals surface area (Å²) in [4.78, 5) is 12.1. The molecule has 0 amide bonds. The summed E-state index contributed by atoms with van der Waals surface area (Å²) < 4.78 is 37.8. The van der Waals surface area contributed by atoms with Crippen LogP contribution in [0.1, 0.15) is 21.5 Å². The smallest absolute Gasteiger partial charge is 0.416 e. The van der Waals surface area contributed by atoms with Crippen LogP contribution < -0.4 is 5.73 Å². The Kier molecular flexibility index (Phi) is 3.40. The third-order valence-electron chi connectivity index (χ3n) is 2.72. The van der Waals surface area contributed by atoms with Crippen LogP contribution in [-0.4, -0.2) is 10.9 Å². The van der Waals surface area contributed by atoms with E-state index in [1.807, 2.05) is 0 Å². The number of carbonyl (C=O) groups is 1. The number of aromatic hydroxyl groups is 1. The summed E-state index contributed by atoms with van der Waals surface area (Å²) in [6.07, 6.45) is -4.58. The lowest BCUT2D eigenvalue weighted by Gasteiger charge is -2.10. The second-order valence-corrected chi connectivity index (χ2v) is 4.18. The van der Waals surface area contributed by atoms with E-state index < -0.39 is 28.8 Å². The standard InChI is InChI=1S/C14H10F3NO2/c15-14(16,17)9-4-5-12(19)11(7-9)13(20)8-2-1-3-10(18)6-8/h1-7,19H,18H2. The summed E-state index contributed by atoms with van der Waals surface area (Å²) in [5.74, 6) is -1.23. The zero-order valence-corrected chi connectivity index (χ0v) is 10.1. The zero-order valence-electron chi connectivity index (χ0n) is 10.1. The van der Waals surface area contributed by atoms with Gasteiger partial charge in [-0.2, -0.15) is 13.2 Å². The van der Waals surface area contributed by atoms with Crippen molar-refractivity contribution < 1.29 is 23.1 Å². The monoisotopic (exact) mass is 281 g/mol. The second kappa shape index (κ2) is 4.88. The molecule has 2 aromatic carbocycles. The Morgan fingerprint density at radius 3 is 2.40 bits per heavy atom. The van der Waals surface area contributed by atoms with Gasteiger partial charge in [0.1, 0.15) is 5.75 Å². The number of nitrogens with two attached hydrogens (primary N) is 1. The number of halogens is 3. The average molecular weight is 281 g/mol. The maximum Gasteiger partial charge on any atom is 0.416 e. The van der Waals surface area contributed by atoms with Crippen LogP contribution in [0.4, 0.5) is 18.9 Å². The van der Waals surface area contributed by atoms with E-state index in [9.17, 15) is 23.1 Å². The van der Waals surface area contributed by atoms with Crippen LogP contribution in [0, 0.1) is 0 Å². The molecule has 0 fully saturated rings. The van der Waals surface area contributed by atoms with E-state index in [1.165, 1.54) is 18.2 Å². The Morgan fingerprint density at radius 1 is 1.10 bits per heavy atom. The van der Waals surface area contributed by atoms with Crippen LogP contribution in [0.2, 0.25) is 0 Å². The van der Waals surface area contributed by atoms with Crippen LogP contribution in [0.25, 0.3) is 0 Å². The van der Waals surface area contributed by atoms with Crippen molar-refractivity contribution in [3.8, 4) is 5.75 Å². The molecule has 2 rings (SSSR count). The molecule has 0 aliphatic carbocycles. The van der Waals surface area contributed by atoms with E-state index in [-0.39, 0.29) is 5.56 Å². The zero-order chi connectivity index (χ0) is 14.9. The molecular formula is C14H10F3NO2. The molecule has 0 aliphatic heterocycles. The molecule has 0 aromatic heterocycles. The SMILES string of the molecule is Nc1cccc(C(=O)c2cc(C(F)(F)F)ccc2O)c1. The summed E-state index contributed by atoms with van der Waals surface area (Å²) in [7, 11) is 0. The molecule has 6 heteroatoms. The number of anilines is 1. The minimum absolute atomic E-state index is 0.111. The highest BCUT2D eigenvalue weighted by Gasteiger charge is 2.31. The van der Waals surface area contributed by atoms with Crippen LogP contribution in [0.15, 0.2) is 42.5 Å². The van der Waals surface area contributed by atoms with Gasteiger partial charge in [-0.05, 0) is 30.3 Å². The number of ketones is 1. The van der Waals surface area contributed by atoms with Gasteiger partial charge in [0.15, 0.2) is 5.78 Å². The van der Waals surface area contributed by atoms with Gasteiger partial charge in [0.2, 0.25) is 0 Å². The van der Waals surface area contributed by atoms with E-state index in [4.69, 9.17) is 5.73 Å². The third kappa shape index (κ3) is 2.74. The first-order valence-electron chi connectivity index (χ1n) is 5.59. The largest absolute Gasteiger partial charge is 0.507 e. The molecule has 3 N–H and O–H groups in total. The van der Waals surface area contributed by atoms with E-state index in [1.54, 1.807) is 6.07 Å². The Morgan fingerprint density at radius 2 is 1.80 bits per heavy atom. The highest BCUT2D eigenvalue weighted by molar-refractivity contribution is 6.11. The number of hydrogen-bond donors (Lipinski definition) is 2. The molecule has 0 unspecified atom stereocenters. The van der Waals surface area contributed by atoms with Crippen molar-refractivity contribution in [3.05, 3.63) is 59.2 Å². The maximum atomic E-state index is 12.6.